The van der Waals surface area contributed by atoms with E-state index >= 15 is 0 Å². The number of hydrazine groups is 1. The van der Waals surface area contributed by atoms with Gasteiger partial charge in [-0.15, -0.1) is 11.3 Å². The maximum Gasteiger partial charge on any atom is 0.281 e. The largest absolute Gasteiger partial charge is 0.355 e. The molecule has 0 saturated heterocycles. The highest BCUT2D eigenvalue weighted by atomic mass is 32.1. The van der Waals surface area contributed by atoms with Gasteiger partial charge in [-0.3, -0.25) is 15.0 Å². The van der Waals surface area contributed by atoms with Gasteiger partial charge in [-0.05, 0) is 74.9 Å². The minimum absolute atomic E-state index is 0.130. The van der Waals surface area contributed by atoms with Gasteiger partial charge in [0.25, 0.3) is 11.8 Å². The number of halogens is 1. The van der Waals surface area contributed by atoms with E-state index in [2.05, 4.69) is 58.3 Å². The van der Waals surface area contributed by atoms with Crippen molar-refractivity contribution in [3.05, 3.63) is 68.6 Å². The SMILES string of the molecule is CCC1C=C(NC2=CC(c3ccc(F)c(NC(=O)c4cc5c(s4)CCCC5)n3)NNC2=O)C(C)CN(C)C1. The molecule has 0 saturated carbocycles. The van der Waals surface area contributed by atoms with Gasteiger partial charge in [-0.1, -0.05) is 19.9 Å². The molecule has 5 rings (SSSR count). The normalized spacial score (nSPS) is 24.0. The summed E-state index contributed by atoms with van der Waals surface area (Å²) < 4.78 is 14.7. The molecular weight excluding hydrogens is 503 g/mol. The van der Waals surface area contributed by atoms with Crippen LogP contribution in [0.4, 0.5) is 10.2 Å². The highest BCUT2D eigenvalue weighted by Crippen LogP contribution is 2.30. The topological polar surface area (TPSA) is 98.4 Å². The number of carbonyl (C=O) groups is 2. The summed E-state index contributed by atoms with van der Waals surface area (Å²) in [4.78, 5) is 34.1. The van der Waals surface area contributed by atoms with Gasteiger partial charge in [0.05, 0.1) is 16.6 Å². The van der Waals surface area contributed by atoms with E-state index in [-0.39, 0.29) is 23.6 Å². The minimum atomic E-state index is -0.613. The van der Waals surface area contributed by atoms with Crippen LogP contribution in [0.25, 0.3) is 0 Å². The van der Waals surface area contributed by atoms with Crippen LogP contribution in [0.15, 0.2) is 41.7 Å². The van der Waals surface area contributed by atoms with Crippen LogP contribution in [0.5, 0.6) is 0 Å². The number of aryl methyl sites for hydroxylation is 2. The van der Waals surface area contributed by atoms with Gasteiger partial charge >= 0.3 is 0 Å². The van der Waals surface area contributed by atoms with Crippen molar-refractivity contribution in [2.24, 2.45) is 11.8 Å². The molecule has 2 aromatic heterocycles. The summed E-state index contributed by atoms with van der Waals surface area (Å²) in [5.74, 6) is -0.760. The van der Waals surface area contributed by atoms with E-state index in [0.717, 1.165) is 50.9 Å². The third kappa shape index (κ3) is 5.82. The maximum absolute atomic E-state index is 14.7. The average molecular weight is 539 g/mol. The number of fused-ring (bicyclic) bond motifs is 1. The predicted molar refractivity (Wildman–Crippen MR) is 147 cm³/mol. The van der Waals surface area contributed by atoms with Crippen molar-refractivity contribution in [1.29, 1.82) is 0 Å². The fraction of sp³-hybridized carbons (Fsp3) is 0.464. The number of anilines is 1. The molecule has 0 fully saturated rings. The number of amides is 2. The summed E-state index contributed by atoms with van der Waals surface area (Å²) in [6.45, 7) is 6.18. The molecule has 2 aromatic rings. The Hall–Kier alpha value is -3.08. The van der Waals surface area contributed by atoms with Crippen molar-refractivity contribution in [3.8, 4) is 0 Å². The molecule has 202 valence electrons. The zero-order chi connectivity index (χ0) is 26.8. The van der Waals surface area contributed by atoms with Crippen LogP contribution in [0.1, 0.15) is 65.0 Å². The first-order chi connectivity index (χ1) is 18.3. The van der Waals surface area contributed by atoms with E-state index in [1.807, 2.05) is 6.07 Å². The quantitative estimate of drug-likeness (QED) is 0.443. The van der Waals surface area contributed by atoms with E-state index < -0.39 is 11.9 Å². The molecule has 10 heteroatoms. The summed E-state index contributed by atoms with van der Waals surface area (Å²) >= 11 is 1.47. The Morgan fingerprint density at radius 1 is 1.24 bits per heavy atom. The lowest BCUT2D eigenvalue weighted by Crippen LogP contribution is -2.47. The molecule has 0 spiro atoms. The number of rotatable bonds is 6. The van der Waals surface area contributed by atoms with Gasteiger partial charge in [0.2, 0.25) is 0 Å². The van der Waals surface area contributed by atoms with Crippen LogP contribution >= 0.6 is 11.3 Å². The van der Waals surface area contributed by atoms with Gasteiger partial charge in [-0.25, -0.2) is 14.8 Å². The van der Waals surface area contributed by atoms with Gasteiger partial charge in [0.15, 0.2) is 11.6 Å². The van der Waals surface area contributed by atoms with E-state index in [9.17, 15) is 14.0 Å². The van der Waals surface area contributed by atoms with Crippen LogP contribution < -0.4 is 21.5 Å². The summed E-state index contributed by atoms with van der Waals surface area (Å²) in [6.07, 6.45) is 9.22. The standard InChI is InChI=1S/C28H35FN6O2S/c1-4-17-11-21(16(2)14-35(3)15-17)30-23-13-22(33-34-27(23)36)20-10-9-19(29)26(31-20)32-28(37)25-12-18-7-5-6-8-24(18)38-25/h9-13,16-17,22,30,33H,4-8,14-15H2,1-3H3,(H,34,36)(H,31,32,37). The van der Waals surface area contributed by atoms with Gasteiger partial charge in [0, 0.05) is 29.6 Å². The minimum Gasteiger partial charge on any atom is -0.355 e. The van der Waals surface area contributed by atoms with E-state index in [0.29, 0.717) is 22.2 Å². The molecule has 2 amide bonds. The number of carbonyl (C=O) groups excluding carboxylic acids is 2. The molecule has 3 aliphatic rings. The highest BCUT2D eigenvalue weighted by molar-refractivity contribution is 7.14. The molecule has 38 heavy (non-hydrogen) atoms. The molecule has 1 aliphatic carbocycles. The summed E-state index contributed by atoms with van der Waals surface area (Å²) in [5.41, 5.74) is 8.73. The maximum atomic E-state index is 14.7. The number of pyridine rings is 1. The molecule has 8 nitrogen and oxygen atoms in total. The fourth-order valence-electron chi connectivity index (χ4n) is 5.32. The van der Waals surface area contributed by atoms with Crippen molar-refractivity contribution >= 4 is 29.0 Å². The first-order valence-corrected chi connectivity index (χ1v) is 14.2. The van der Waals surface area contributed by atoms with Crippen molar-refractivity contribution in [2.45, 2.75) is 52.0 Å². The molecule has 4 N–H and O–H groups in total. The third-order valence-corrected chi connectivity index (χ3v) is 8.67. The lowest BCUT2D eigenvalue weighted by Gasteiger charge is -2.26. The third-order valence-electron chi connectivity index (χ3n) is 7.44. The van der Waals surface area contributed by atoms with Crippen molar-refractivity contribution in [1.82, 2.24) is 26.1 Å². The molecule has 3 atom stereocenters. The van der Waals surface area contributed by atoms with Gasteiger partial charge in [-0.2, -0.15) is 0 Å². The van der Waals surface area contributed by atoms with Gasteiger partial charge in [0.1, 0.15) is 5.70 Å². The first kappa shape index (κ1) is 26.5. The number of nitrogens with one attached hydrogen (secondary N) is 4. The Labute approximate surface area is 226 Å². The molecule has 4 heterocycles. The van der Waals surface area contributed by atoms with Gasteiger partial charge < -0.3 is 15.5 Å². The summed E-state index contributed by atoms with van der Waals surface area (Å²) in [7, 11) is 2.12. The van der Waals surface area contributed by atoms with Crippen molar-refractivity contribution in [3.63, 3.8) is 0 Å². The summed E-state index contributed by atoms with van der Waals surface area (Å²) in [6, 6.07) is 4.24. The Balaban J connectivity index is 1.35. The second-order valence-corrected chi connectivity index (χ2v) is 11.6. The number of aromatic nitrogens is 1. The summed E-state index contributed by atoms with van der Waals surface area (Å²) in [5, 5.41) is 6.01. The Morgan fingerprint density at radius 2 is 2.05 bits per heavy atom. The second kappa shape index (κ2) is 11.3. The van der Waals surface area contributed by atoms with Crippen LogP contribution in [0, 0.1) is 17.7 Å². The number of thiophene rings is 1. The number of hydrogen-bond donors (Lipinski definition) is 4. The molecular formula is C28H35FN6O2S. The number of nitrogens with zero attached hydrogens (tertiary/aromatic N) is 2. The lowest BCUT2D eigenvalue weighted by atomic mass is 9.99. The smallest absolute Gasteiger partial charge is 0.281 e. The Morgan fingerprint density at radius 3 is 2.84 bits per heavy atom. The number of hydrogen-bond acceptors (Lipinski definition) is 7. The predicted octanol–water partition coefficient (Wildman–Crippen LogP) is 4.05. The van der Waals surface area contributed by atoms with E-state index in [1.165, 1.54) is 27.8 Å². The molecule has 0 bridgehead atoms. The Kier molecular flexibility index (Phi) is 7.92. The molecule has 0 radical (unpaired) electrons. The van der Waals surface area contributed by atoms with Crippen molar-refractivity contribution < 1.29 is 14.0 Å². The molecule has 0 aromatic carbocycles. The average Bonchev–Trinajstić information content (AvgIpc) is 3.29. The van der Waals surface area contributed by atoms with Crippen LogP contribution in [-0.2, 0) is 17.6 Å². The monoisotopic (exact) mass is 538 g/mol. The molecule has 3 unspecified atom stereocenters. The highest BCUT2D eigenvalue weighted by Gasteiger charge is 2.27. The van der Waals surface area contributed by atoms with Crippen LogP contribution in [0.3, 0.4) is 0 Å². The zero-order valence-corrected chi connectivity index (χ0v) is 22.9. The van der Waals surface area contributed by atoms with Crippen LogP contribution in [-0.4, -0.2) is 41.8 Å². The fourth-order valence-corrected chi connectivity index (χ4v) is 6.47. The lowest BCUT2D eigenvalue weighted by molar-refractivity contribution is -0.119. The second-order valence-electron chi connectivity index (χ2n) is 10.5. The van der Waals surface area contributed by atoms with E-state index in [4.69, 9.17) is 0 Å². The van der Waals surface area contributed by atoms with E-state index in [1.54, 1.807) is 12.1 Å². The van der Waals surface area contributed by atoms with Crippen LogP contribution in [0.2, 0.25) is 0 Å². The van der Waals surface area contributed by atoms with Crippen molar-refractivity contribution in [2.75, 3.05) is 25.5 Å². The Bertz CT molecular complexity index is 1260. The first-order valence-electron chi connectivity index (χ1n) is 13.3. The zero-order valence-electron chi connectivity index (χ0n) is 22.1. The molecule has 2 aliphatic heterocycles.